The van der Waals surface area contributed by atoms with Gasteiger partial charge in [0.15, 0.2) is 6.10 Å². The Hall–Kier alpha value is -3.05. The molecule has 0 fully saturated rings. The number of aliphatic hydroxyl groups is 1. The predicted octanol–water partition coefficient (Wildman–Crippen LogP) is 3.41. The number of carbonyl (C=O) groups excluding carboxylic acids is 2. The van der Waals surface area contributed by atoms with Gasteiger partial charge in [-0.15, -0.1) is 0 Å². The van der Waals surface area contributed by atoms with Gasteiger partial charge in [-0.2, -0.15) is 23.3 Å². The van der Waals surface area contributed by atoms with Crippen molar-refractivity contribution in [2.24, 2.45) is 11.0 Å². The zero-order valence-electron chi connectivity index (χ0n) is 16.0. The number of rotatable bonds is 5. The van der Waals surface area contributed by atoms with Gasteiger partial charge in [0.05, 0.1) is 17.9 Å². The first-order valence-electron chi connectivity index (χ1n) is 9.11. The smallest absolute Gasteiger partial charge is 0.382 e. The van der Waals surface area contributed by atoms with E-state index in [2.05, 4.69) is 5.10 Å². The fraction of sp³-hybridized carbons (Fsp3) is 0.250. The summed E-state index contributed by atoms with van der Waals surface area (Å²) < 4.78 is 64.9. The Balaban J connectivity index is 1.95. The van der Waals surface area contributed by atoms with Crippen molar-refractivity contribution >= 4 is 34.8 Å². The molecule has 0 aliphatic carbocycles. The second-order valence-corrected chi connectivity index (χ2v) is 7.33. The molecule has 0 saturated carbocycles. The summed E-state index contributed by atoms with van der Waals surface area (Å²) >= 11 is 5.85. The SMILES string of the molecule is O=C(NCC(O)C(F)(F)F)C1CC(c2ccc(Cl)cc2)=NN(c2cc(F)cc(F)c2)C1=O. The topological polar surface area (TPSA) is 82.0 Å². The van der Waals surface area contributed by atoms with E-state index < -0.39 is 48.2 Å². The maximum atomic E-state index is 13.7. The molecule has 0 spiro atoms. The number of hydrogen-bond acceptors (Lipinski definition) is 4. The molecule has 1 heterocycles. The summed E-state index contributed by atoms with van der Waals surface area (Å²) in [6.07, 6.45) is -8.10. The lowest BCUT2D eigenvalue weighted by Crippen LogP contribution is -2.49. The number of alkyl halides is 3. The van der Waals surface area contributed by atoms with Gasteiger partial charge in [-0.1, -0.05) is 23.7 Å². The van der Waals surface area contributed by atoms with Gasteiger partial charge >= 0.3 is 6.18 Å². The Morgan fingerprint density at radius 1 is 1.19 bits per heavy atom. The largest absolute Gasteiger partial charge is 0.416 e. The summed E-state index contributed by atoms with van der Waals surface area (Å²) in [6.45, 7) is -1.17. The molecule has 2 N–H and O–H groups in total. The molecule has 0 bridgehead atoms. The number of benzene rings is 2. The summed E-state index contributed by atoms with van der Waals surface area (Å²) in [5, 5.41) is 16.1. The van der Waals surface area contributed by atoms with Crippen molar-refractivity contribution in [2.75, 3.05) is 11.6 Å². The molecule has 6 nitrogen and oxygen atoms in total. The monoisotopic (exact) mass is 475 g/mol. The third-order valence-corrected chi connectivity index (χ3v) is 4.81. The summed E-state index contributed by atoms with van der Waals surface area (Å²) in [5.74, 6) is -5.69. The zero-order chi connectivity index (χ0) is 23.6. The molecule has 170 valence electrons. The molecule has 2 atom stereocenters. The van der Waals surface area contributed by atoms with Crippen molar-refractivity contribution in [1.29, 1.82) is 0 Å². The minimum atomic E-state index is -4.97. The van der Waals surface area contributed by atoms with Gasteiger partial charge in [0, 0.05) is 17.5 Å². The lowest BCUT2D eigenvalue weighted by atomic mass is 9.94. The Morgan fingerprint density at radius 2 is 1.78 bits per heavy atom. The van der Waals surface area contributed by atoms with Gasteiger partial charge in [0.2, 0.25) is 5.91 Å². The summed E-state index contributed by atoms with van der Waals surface area (Å²) in [4.78, 5) is 25.4. The Morgan fingerprint density at radius 3 is 2.34 bits per heavy atom. The highest BCUT2D eigenvalue weighted by molar-refractivity contribution is 6.30. The van der Waals surface area contributed by atoms with Gasteiger partial charge in [0.25, 0.3) is 5.91 Å². The summed E-state index contributed by atoms with van der Waals surface area (Å²) in [7, 11) is 0. The summed E-state index contributed by atoms with van der Waals surface area (Å²) in [5.41, 5.74) is 0.270. The predicted molar refractivity (Wildman–Crippen MR) is 105 cm³/mol. The molecular weight excluding hydrogens is 461 g/mol. The van der Waals surface area contributed by atoms with Gasteiger partial charge < -0.3 is 10.4 Å². The van der Waals surface area contributed by atoms with Crippen LogP contribution < -0.4 is 10.3 Å². The molecule has 32 heavy (non-hydrogen) atoms. The van der Waals surface area contributed by atoms with Crippen molar-refractivity contribution in [2.45, 2.75) is 18.7 Å². The van der Waals surface area contributed by atoms with Crippen LogP contribution in [0.2, 0.25) is 5.02 Å². The maximum absolute atomic E-state index is 13.7. The fourth-order valence-electron chi connectivity index (χ4n) is 2.94. The number of nitrogens with one attached hydrogen (secondary N) is 1. The van der Waals surface area contributed by atoms with Gasteiger partial charge in [-0.25, -0.2) is 8.78 Å². The third-order valence-electron chi connectivity index (χ3n) is 4.56. The molecule has 2 amide bonds. The van der Waals surface area contributed by atoms with E-state index in [1.807, 2.05) is 5.32 Å². The Kier molecular flexibility index (Phi) is 6.79. The quantitative estimate of drug-likeness (QED) is 0.513. The molecule has 2 unspecified atom stereocenters. The van der Waals surface area contributed by atoms with E-state index in [0.29, 0.717) is 21.7 Å². The van der Waals surface area contributed by atoms with Crippen molar-refractivity contribution < 1.29 is 36.6 Å². The highest BCUT2D eigenvalue weighted by Gasteiger charge is 2.41. The van der Waals surface area contributed by atoms with Crippen LogP contribution in [0, 0.1) is 17.6 Å². The molecular formula is C20H15ClF5N3O3. The van der Waals surface area contributed by atoms with Crippen LogP contribution in [-0.2, 0) is 9.59 Å². The molecule has 2 aromatic carbocycles. The maximum Gasteiger partial charge on any atom is 0.416 e. The first-order chi connectivity index (χ1) is 15.0. The van der Waals surface area contributed by atoms with E-state index in [4.69, 9.17) is 16.7 Å². The molecule has 3 rings (SSSR count). The van der Waals surface area contributed by atoms with Crippen LogP contribution in [0.25, 0.3) is 0 Å². The van der Waals surface area contributed by atoms with E-state index in [1.165, 1.54) is 24.3 Å². The lowest BCUT2D eigenvalue weighted by Gasteiger charge is -2.29. The van der Waals surface area contributed by atoms with Crippen LogP contribution in [0.15, 0.2) is 47.6 Å². The van der Waals surface area contributed by atoms with E-state index in [0.717, 1.165) is 12.1 Å². The lowest BCUT2D eigenvalue weighted by molar-refractivity contribution is -0.201. The fourth-order valence-corrected chi connectivity index (χ4v) is 3.07. The Labute approximate surface area is 183 Å². The van der Waals surface area contributed by atoms with Crippen LogP contribution in [0.4, 0.5) is 27.6 Å². The second-order valence-electron chi connectivity index (χ2n) is 6.89. The third kappa shape index (κ3) is 5.40. The number of carbonyl (C=O) groups is 2. The minimum Gasteiger partial charge on any atom is -0.382 e. The van der Waals surface area contributed by atoms with Crippen LogP contribution in [0.3, 0.4) is 0 Å². The number of hydrazone groups is 1. The number of halogens is 6. The van der Waals surface area contributed by atoms with Crippen LogP contribution in [-0.4, -0.2) is 41.5 Å². The van der Waals surface area contributed by atoms with Gasteiger partial charge in [0.1, 0.15) is 17.6 Å². The molecule has 0 radical (unpaired) electrons. The average Bonchev–Trinajstić information content (AvgIpc) is 2.71. The molecule has 2 aromatic rings. The standard InChI is InChI=1S/C20H15ClF5N3O3/c21-11-3-1-10(2-4-11)16-8-15(18(31)27-9-17(30)20(24,25)26)19(32)29(28-16)14-6-12(22)5-13(23)7-14/h1-7,15,17,30H,8-9H2,(H,27,31). The number of aliphatic hydroxyl groups excluding tert-OH is 1. The highest BCUT2D eigenvalue weighted by atomic mass is 35.5. The molecule has 0 aromatic heterocycles. The number of anilines is 1. The Bertz CT molecular complexity index is 1040. The van der Waals surface area contributed by atoms with E-state index in [-0.39, 0.29) is 17.8 Å². The number of nitrogens with zero attached hydrogens (tertiary/aromatic N) is 2. The second kappa shape index (κ2) is 9.21. The van der Waals surface area contributed by atoms with Crippen molar-refractivity contribution in [3.8, 4) is 0 Å². The highest BCUT2D eigenvalue weighted by Crippen LogP contribution is 2.28. The van der Waals surface area contributed by atoms with Gasteiger partial charge in [-0.05, 0) is 29.8 Å². The first kappa shape index (κ1) is 23.6. The average molecular weight is 476 g/mol. The van der Waals surface area contributed by atoms with Crippen LogP contribution in [0.5, 0.6) is 0 Å². The number of amides is 2. The van der Waals surface area contributed by atoms with E-state index in [9.17, 15) is 31.5 Å². The van der Waals surface area contributed by atoms with Crippen molar-refractivity contribution in [3.63, 3.8) is 0 Å². The summed E-state index contributed by atoms with van der Waals surface area (Å²) in [6, 6.07) is 8.29. The zero-order valence-corrected chi connectivity index (χ0v) is 16.8. The van der Waals surface area contributed by atoms with Crippen LogP contribution in [0.1, 0.15) is 12.0 Å². The van der Waals surface area contributed by atoms with Crippen molar-refractivity contribution in [1.82, 2.24) is 5.32 Å². The van der Waals surface area contributed by atoms with E-state index in [1.54, 1.807) is 0 Å². The van der Waals surface area contributed by atoms with Gasteiger partial charge in [-0.3, -0.25) is 9.59 Å². The normalized spacial score (nSPS) is 17.7. The first-order valence-corrected chi connectivity index (χ1v) is 9.49. The van der Waals surface area contributed by atoms with Crippen molar-refractivity contribution in [3.05, 3.63) is 64.7 Å². The molecule has 1 aliphatic heterocycles. The van der Waals surface area contributed by atoms with Crippen LogP contribution >= 0.6 is 11.6 Å². The molecule has 12 heteroatoms. The number of hydrogen-bond donors (Lipinski definition) is 2. The molecule has 0 saturated heterocycles. The minimum absolute atomic E-state index is 0.155. The van der Waals surface area contributed by atoms with E-state index >= 15 is 0 Å². The molecule has 1 aliphatic rings.